The van der Waals surface area contributed by atoms with Gasteiger partial charge in [0.25, 0.3) is 0 Å². The highest BCUT2D eigenvalue weighted by atomic mass is 16.5. The number of aliphatic hydroxyl groups is 1. The molecule has 1 atom stereocenters. The van der Waals surface area contributed by atoms with Gasteiger partial charge < -0.3 is 9.84 Å². The van der Waals surface area contributed by atoms with Crippen molar-refractivity contribution in [3.05, 3.63) is 89.0 Å². The van der Waals surface area contributed by atoms with E-state index < -0.39 is 5.60 Å². The summed E-state index contributed by atoms with van der Waals surface area (Å²) >= 11 is 0. The minimum atomic E-state index is -1.41. The summed E-state index contributed by atoms with van der Waals surface area (Å²) in [6, 6.07) is 16.1. The number of benzene rings is 2. The van der Waals surface area contributed by atoms with Crippen molar-refractivity contribution < 1.29 is 19.4 Å². The molecule has 0 spiro atoms. The van der Waals surface area contributed by atoms with Crippen LogP contribution in [0.3, 0.4) is 0 Å². The van der Waals surface area contributed by atoms with Gasteiger partial charge in [-0.1, -0.05) is 42.2 Å². The number of hydrogen-bond acceptors (Lipinski definition) is 4. The van der Waals surface area contributed by atoms with Gasteiger partial charge in [0.2, 0.25) is 0 Å². The lowest BCUT2D eigenvalue weighted by Gasteiger charge is -2.19. The van der Waals surface area contributed by atoms with Gasteiger partial charge in [-0.2, -0.15) is 0 Å². The van der Waals surface area contributed by atoms with E-state index in [1.165, 1.54) is 12.2 Å². The van der Waals surface area contributed by atoms with Gasteiger partial charge in [-0.05, 0) is 55.0 Å². The molecule has 0 saturated carbocycles. The molecular formula is C24H20O4. The van der Waals surface area contributed by atoms with Crippen LogP contribution in [0.15, 0.2) is 72.3 Å². The maximum Gasteiger partial charge on any atom is 0.338 e. The quantitative estimate of drug-likeness (QED) is 0.506. The SMILES string of the molecule is CCOC(=O)c1ccc(C#CCC2(O)C=CC(=O)/C2=C/c2ccccc2)cc1. The van der Waals surface area contributed by atoms with Crippen LogP contribution < -0.4 is 0 Å². The summed E-state index contributed by atoms with van der Waals surface area (Å²) in [5.74, 6) is 5.30. The monoisotopic (exact) mass is 372 g/mol. The molecule has 1 aliphatic rings. The Morgan fingerprint density at radius 3 is 2.54 bits per heavy atom. The first-order chi connectivity index (χ1) is 13.5. The second-order valence-corrected chi connectivity index (χ2v) is 6.37. The molecule has 140 valence electrons. The van der Waals surface area contributed by atoms with Crippen molar-refractivity contribution in [2.45, 2.75) is 18.9 Å². The van der Waals surface area contributed by atoms with Crippen LogP contribution >= 0.6 is 0 Å². The van der Waals surface area contributed by atoms with E-state index in [4.69, 9.17) is 4.74 Å². The standard InChI is InChI=1S/C24H20O4/c1-2-28-23(26)20-12-10-18(11-13-20)9-6-15-24(27)16-14-22(25)21(24)17-19-7-4-3-5-8-19/h3-5,7-8,10-14,16-17,27H,2,15H2,1H3/b21-17-. The van der Waals surface area contributed by atoms with E-state index in [2.05, 4.69) is 11.8 Å². The molecule has 0 amide bonds. The van der Waals surface area contributed by atoms with Crippen LogP contribution in [0.2, 0.25) is 0 Å². The highest BCUT2D eigenvalue weighted by molar-refractivity contribution is 6.12. The summed E-state index contributed by atoms with van der Waals surface area (Å²) < 4.78 is 4.95. The molecule has 0 heterocycles. The number of ether oxygens (including phenoxy) is 1. The Hall–Kier alpha value is -3.42. The van der Waals surface area contributed by atoms with E-state index in [0.717, 1.165) is 5.56 Å². The first kappa shape index (κ1) is 19.3. The second-order valence-electron chi connectivity index (χ2n) is 6.37. The van der Waals surface area contributed by atoms with Gasteiger partial charge in [0.1, 0.15) is 5.60 Å². The Morgan fingerprint density at radius 1 is 1.14 bits per heavy atom. The first-order valence-electron chi connectivity index (χ1n) is 9.01. The molecule has 4 nitrogen and oxygen atoms in total. The smallest absolute Gasteiger partial charge is 0.338 e. The zero-order valence-corrected chi connectivity index (χ0v) is 15.5. The summed E-state index contributed by atoms with van der Waals surface area (Å²) in [7, 11) is 0. The average molecular weight is 372 g/mol. The third-order valence-corrected chi connectivity index (χ3v) is 4.34. The van der Waals surface area contributed by atoms with Crippen LogP contribution in [0.4, 0.5) is 0 Å². The third kappa shape index (κ3) is 4.46. The van der Waals surface area contributed by atoms with Gasteiger partial charge in [-0.15, -0.1) is 0 Å². The Labute approximate surface area is 164 Å². The molecule has 0 bridgehead atoms. The minimum absolute atomic E-state index is 0.0908. The molecule has 3 rings (SSSR count). The van der Waals surface area contributed by atoms with E-state index in [0.29, 0.717) is 23.3 Å². The van der Waals surface area contributed by atoms with Crippen molar-refractivity contribution in [2.75, 3.05) is 6.61 Å². The maximum absolute atomic E-state index is 12.2. The minimum Gasteiger partial charge on any atom is -0.462 e. The molecule has 2 aromatic carbocycles. The number of allylic oxidation sites excluding steroid dienone is 1. The highest BCUT2D eigenvalue weighted by Gasteiger charge is 2.36. The van der Waals surface area contributed by atoms with E-state index in [-0.39, 0.29) is 18.2 Å². The summed E-state index contributed by atoms with van der Waals surface area (Å²) in [6.07, 6.45) is 4.65. The van der Waals surface area contributed by atoms with Gasteiger partial charge in [-0.3, -0.25) is 4.79 Å². The van der Waals surface area contributed by atoms with Crippen LogP contribution in [0, 0.1) is 11.8 Å². The molecule has 28 heavy (non-hydrogen) atoms. The van der Waals surface area contributed by atoms with Gasteiger partial charge in [-0.25, -0.2) is 4.79 Å². The van der Waals surface area contributed by atoms with Crippen LogP contribution in [-0.2, 0) is 9.53 Å². The van der Waals surface area contributed by atoms with Crippen molar-refractivity contribution in [1.29, 1.82) is 0 Å². The van der Waals surface area contributed by atoms with E-state index >= 15 is 0 Å². The normalized spacial score (nSPS) is 19.4. The summed E-state index contributed by atoms with van der Waals surface area (Å²) in [4.78, 5) is 23.8. The van der Waals surface area contributed by atoms with Crippen LogP contribution in [-0.4, -0.2) is 29.1 Å². The van der Waals surface area contributed by atoms with Crippen LogP contribution in [0.5, 0.6) is 0 Å². The molecule has 0 aromatic heterocycles. The molecule has 0 aliphatic heterocycles. The number of carbonyl (C=O) groups excluding carboxylic acids is 2. The summed E-state index contributed by atoms with van der Waals surface area (Å²) in [5, 5.41) is 10.9. The predicted octanol–water partition coefficient (Wildman–Crippen LogP) is 3.56. The Kier molecular flexibility index (Phi) is 5.88. The largest absolute Gasteiger partial charge is 0.462 e. The Balaban J connectivity index is 1.75. The van der Waals surface area contributed by atoms with Crippen molar-refractivity contribution in [1.82, 2.24) is 0 Å². The van der Waals surface area contributed by atoms with E-state index in [1.54, 1.807) is 37.3 Å². The molecule has 4 heteroatoms. The first-order valence-corrected chi connectivity index (χ1v) is 9.01. The fourth-order valence-corrected chi connectivity index (χ4v) is 2.86. The zero-order chi connectivity index (χ0) is 20.0. The second kappa shape index (κ2) is 8.51. The van der Waals surface area contributed by atoms with Gasteiger partial charge in [0.15, 0.2) is 5.78 Å². The molecule has 1 N–H and O–H groups in total. The van der Waals surface area contributed by atoms with Crippen LogP contribution in [0.25, 0.3) is 6.08 Å². The molecule has 1 aliphatic carbocycles. The molecule has 1 unspecified atom stereocenters. The van der Waals surface area contributed by atoms with E-state index in [1.807, 2.05) is 30.3 Å². The van der Waals surface area contributed by atoms with Crippen molar-refractivity contribution in [3.63, 3.8) is 0 Å². The fourth-order valence-electron chi connectivity index (χ4n) is 2.86. The van der Waals surface area contributed by atoms with Gasteiger partial charge in [0, 0.05) is 17.6 Å². The highest BCUT2D eigenvalue weighted by Crippen LogP contribution is 2.31. The lowest BCUT2D eigenvalue weighted by atomic mass is 9.91. The van der Waals surface area contributed by atoms with Crippen molar-refractivity contribution >= 4 is 17.8 Å². The third-order valence-electron chi connectivity index (χ3n) is 4.34. The molecule has 2 aromatic rings. The predicted molar refractivity (Wildman–Crippen MR) is 107 cm³/mol. The molecule has 0 fully saturated rings. The number of rotatable bonds is 4. The number of hydrogen-bond donors (Lipinski definition) is 1. The van der Waals surface area contributed by atoms with Gasteiger partial charge in [0.05, 0.1) is 12.2 Å². The number of ketones is 1. The van der Waals surface area contributed by atoms with Crippen molar-refractivity contribution in [2.24, 2.45) is 0 Å². The Morgan fingerprint density at radius 2 is 1.86 bits per heavy atom. The fraction of sp³-hybridized carbons (Fsp3) is 0.167. The summed E-state index contributed by atoms with van der Waals surface area (Å²) in [6.45, 7) is 2.08. The topological polar surface area (TPSA) is 63.6 Å². The Bertz CT molecular complexity index is 988. The summed E-state index contributed by atoms with van der Waals surface area (Å²) in [5.41, 5.74) is 0.910. The maximum atomic E-state index is 12.2. The molecular weight excluding hydrogens is 352 g/mol. The lowest BCUT2D eigenvalue weighted by molar-refractivity contribution is -0.111. The zero-order valence-electron chi connectivity index (χ0n) is 15.5. The molecule has 0 saturated heterocycles. The number of carbonyl (C=O) groups is 2. The van der Waals surface area contributed by atoms with Crippen molar-refractivity contribution in [3.8, 4) is 11.8 Å². The lowest BCUT2D eigenvalue weighted by Crippen LogP contribution is -2.27. The number of esters is 1. The average Bonchev–Trinajstić information content (AvgIpc) is 2.98. The molecule has 0 radical (unpaired) electrons. The van der Waals surface area contributed by atoms with Gasteiger partial charge >= 0.3 is 5.97 Å². The van der Waals surface area contributed by atoms with Crippen LogP contribution in [0.1, 0.15) is 34.8 Å². The van der Waals surface area contributed by atoms with E-state index in [9.17, 15) is 14.7 Å².